The number of hydrogen-bond donors (Lipinski definition) is 1. The monoisotopic (exact) mass is 311 g/mol. The highest BCUT2D eigenvalue weighted by atomic mass is 32.2. The molecule has 0 spiro atoms. The lowest BCUT2D eigenvalue weighted by Gasteiger charge is -2.14. The van der Waals surface area contributed by atoms with Crippen LogP contribution in [0.4, 0.5) is 17.6 Å². The van der Waals surface area contributed by atoms with Crippen LogP contribution in [-0.2, 0) is 23.5 Å². The molecule has 2 atom stereocenters. The second-order valence-electron chi connectivity index (χ2n) is 4.57. The zero-order valence-electron chi connectivity index (χ0n) is 11.3. The van der Waals surface area contributed by atoms with Crippen LogP contribution in [0, 0.1) is 5.82 Å². The average molecular weight is 311 g/mol. The minimum Gasteiger partial charge on any atom is -0.313 e. The maximum absolute atomic E-state index is 12.9. The lowest BCUT2D eigenvalue weighted by molar-refractivity contribution is -0.138. The highest BCUT2D eigenvalue weighted by Crippen LogP contribution is 2.32. The van der Waals surface area contributed by atoms with Gasteiger partial charge < -0.3 is 5.32 Å². The van der Waals surface area contributed by atoms with E-state index in [4.69, 9.17) is 0 Å². The van der Waals surface area contributed by atoms with Crippen LogP contribution in [0.2, 0.25) is 0 Å². The van der Waals surface area contributed by atoms with Gasteiger partial charge in [0.15, 0.2) is 0 Å². The second kappa shape index (κ2) is 7.17. The van der Waals surface area contributed by atoms with Crippen molar-refractivity contribution < 1.29 is 21.8 Å². The van der Waals surface area contributed by atoms with E-state index in [2.05, 4.69) is 5.32 Å². The van der Waals surface area contributed by atoms with Gasteiger partial charge in [-0.25, -0.2) is 4.39 Å². The van der Waals surface area contributed by atoms with E-state index < -0.39 is 28.4 Å². The fraction of sp³-hybridized carbons (Fsp3) is 0.538. The lowest BCUT2D eigenvalue weighted by atomic mass is 10.1. The Hall–Kier alpha value is -0.950. The van der Waals surface area contributed by atoms with Gasteiger partial charge in [0.25, 0.3) is 0 Å². The van der Waals surface area contributed by atoms with Crippen LogP contribution >= 0.6 is 0 Å². The summed E-state index contributed by atoms with van der Waals surface area (Å²) in [5, 5.41) is 2.85. The first-order valence-corrected chi connectivity index (χ1v) is 7.72. The molecule has 0 aliphatic rings. The average Bonchev–Trinajstić information content (AvgIpc) is 2.34. The van der Waals surface area contributed by atoms with Crippen LogP contribution in [0.3, 0.4) is 0 Å². The van der Waals surface area contributed by atoms with Crippen molar-refractivity contribution in [3.63, 3.8) is 0 Å². The first kappa shape index (κ1) is 17.1. The van der Waals surface area contributed by atoms with Crippen LogP contribution in [0.5, 0.6) is 0 Å². The molecular weight excluding hydrogens is 294 g/mol. The van der Waals surface area contributed by atoms with Gasteiger partial charge in [-0.15, -0.1) is 0 Å². The molecule has 0 aromatic heterocycles. The smallest absolute Gasteiger partial charge is 0.313 e. The van der Waals surface area contributed by atoms with Crippen molar-refractivity contribution in [3.8, 4) is 0 Å². The molecule has 2 nitrogen and oxygen atoms in total. The largest absolute Gasteiger partial charge is 0.416 e. The van der Waals surface area contributed by atoms with Gasteiger partial charge in [-0.1, -0.05) is 13.0 Å². The van der Waals surface area contributed by atoms with Crippen molar-refractivity contribution in [2.24, 2.45) is 0 Å². The Balaban J connectivity index is 2.62. The number of alkyl halides is 3. The third kappa shape index (κ3) is 5.20. The van der Waals surface area contributed by atoms with Crippen molar-refractivity contribution in [2.75, 3.05) is 12.8 Å². The summed E-state index contributed by atoms with van der Waals surface area (Å²) in [7, 11) is -0.949. The molecule has 0 bridgehead atoms. The van der Waals surface area contributed by atoms with Gasteiger partial charge in [-0.05, 0) is 30.7 Å². The van der Waals surface area contributed by atoms with E-state index in [0.29, 0.717) is 19.0 Å². The molecule has 114 valence electrons. The van der Waals surface area contributed by atoms with E-state index in [1.54, 1.807) is 6.26 Å². The van der Waals surface area contributed by atoms with Crippen molar-refractivity contribution >= 4 is 10.8 Å². The van der Waals surface area contributed by atoms with Crippen molar-refractivity contribution in [3.05, 3.63) is 35.1 Å². The first-order chi connectivity index (χ1) is 9.21. The van der Waals surface area contributed by atoms with Gasteiger partial charge in [0.2, 0.25) is 0 Å². The molecular formula is C13H17F4NOS. The standard InChI is InChI=1S/C13H17F4NOS/c1-9(20(2)19)5-6-18-8-10-3-4-11(14)7-12(10)13(15,16)17/h3-4,7,9,18H,5-6,8H2,1-2H3. The highest BCUT2D eigenvalue weighted by Gasteiger charge is 2.33. The van der Waals surface area contributed by atoms with E-state index >= 15 is 0 Å². The molecule has 2 unspecified atom stereocenters. The molecule has 0 aliphatic carbocycles. The molecule has 0 amide bonds. The molecule has 0 radical (unpaired) electrons. The second-order valence-corrected chi connectivity index (χ2v) is 6.38. The van der Waals surface area contributed by atoms with Gasteiger partial charge >= 0.3 is 6.18 Å². The quantitative estimate of drug-likeness (QED) is 0.646. The van der Waals surface area contributed by atoms with Crippen LogP contribution in [-0.4, -0.2) is 22.3 Å². The Bertz CT molecular complexity index is 476. The van der Waals surface area contributed by atoms with Crippen molar-refractivity contribution in [1.82, 2.24) is 5.32 Å². The molecule has 0 aliphatic heterocycles. The molecule has 20 heavy (non-hydrogen) atoms. The molecule has 1 N–H and O–H groups in total. The van der Waals surface area contributed by atoms with E-state index in [9.17, 15) is 21.8 Å². The molecule has 1 aromatic rings. The van der Waals surface area contributed by atoms with Crippen LogP contribution in [0.1, 0.15) is 24.5 Å². The summed E-state index contributed by atoms with van der Waals surface area (Å²) in [6.45, 7) is 2.27. The van der Waals surface area contributed by atoms with Crippen LogP contribution in [0.25, 0.3) is 0 Å². The fourth-order valence-corrected chi connectivity index (χ4v) is 2.11. The predicted octanol–water partition coefficient (Wildman–Crippen LogP) is 3.09. The molecule has 1 rings (SSSR count). The molecule has 7 heteroatoms. The zero-order chi connectivity index (χ0) is 15.3. The number of rotatable bonds is 6. The van der Waals surface area contributed by atoms with E-state index in [1.165, 1.54) is 0 Å². The first-order valence-electron chi connectivity index (χ1n) is 6.10. The molecule has 1 aromatic carbocycles. The van der Waals surface area contributed by atoms with Crippen LogP contribution in [0.15, 0.2) is 18.2 Å². The maximum Gasteiger partial charge on any atom is 0.416 e. The third-order valence-electron chi connectivity index (χ3n) is 2.99. The predicted molar refractivity (Wildman–Crippen MR) is 71.3 cm³/mol. The Kier molecular flexibility index (Phi) is 6.13. The summed E-state index contributed by atoms with van der Waals surface area (Å²) in [4.78, 5) is 0. The lowest BCUT2D eigenvalue weighted by Crippen LogP contribution is -2.22. The summed E-state index contributed by atoms with van der Waals surface area (Å²) >= 11 is 0. The SMILES string of the molecule is CC(CCNCc1ccc(F)cc1C(F)(F)F)S(C)=O. The topological polar surface area (TPSA) is 29.1 Å². The normalized spacial score (nSPS) is 15.1. The van der Waals surface area contributed by atoms with Gasteiger partial charge in [0.05, 0.1) is 5.56 Å². The number of nitrogens with one attached hydrogen (secondary N) is 1. The molecule has 0 heterocycles. The minimum atomic E-state index is -4.57. The molecule has 0 saturated heterocycles. The molecule has 0 saturated carbocycles. The van der Waals surface area contributed by atoms with Gasteiger partial charge in [-0.3, -0.25) is 4.21 Å². The Morgan fingerprint density at radius 1 is 1.35 bits per heavy atom. The zero-order valence-corrected chi connectivity index (χ0v) is 12.1. The van der Waals surface area contributed by atoms with Crippen LogP contribution < -0.4 is 5.32 Å². The Morgan fingerprint density at radius 3 is 2.55 bits per heavy atom. The number of benzene rings is 1. The van der Waals surface area contributed by atoms with Crippen molar-refractivity contribution in [2.45, 2.75) is 31.3 Å². The Morgan fingerprint density at radius 2 is 2.00 bits per heavy atom. The summed E-state index contributed by atoms with van der Waals surface area (Å²) < 4.78 is 62.2. The maximum atomic E-state index is 12.9. The summed E-state index contributed by atoms with van der Waals surface area (Å²) in [6.07, 6.45) is -2.38. The van der Waals surface area contributed by atoms with Gasteiger partial charge in [0, 0.05) is 28.9 Å². The number of halogens is 4. The van der Waals surface area contributed by atoms with Crippen molar-refractivity contribution in [1.29, 1.82) is 0 Å². The molecule has 0 fully saturated rings. The van der Waals surface area contributed by atoms with E-state index in [1.807, 2.05) is 6.92 Å². The summed E-state index contributed by atoms with van der Waals surface area (Å²) in [5.74, 6) is -0.906. The third-order valence-corrected chi connectivity index (χ3v) is 4.36. The van der Waals surface area contributed by atoms with E-state index in [0.717, 1.165) is 12.1 Å². The van der Waals surface area contributed by atoms with Gasteiger partial charge in [-0.2, -0.15) is 13.2 Å². The van der Waals surface area contributed by atoms with Gasteiger partial charge in [0.1, 0.15) is 5.82 Å². The van der Waals surface area contributed by atoms with E-state index in [-0.39, 0.29) is 17.4 Å². The Labute approximate surface area is 118 Å². The summed E-state index contributed by atoms with van der Waals surface area (Å²) in [5.41, 5.74) is -0.957. The minimum absolute atomic E-state index is 0.00179. The fourth-order valence-electron chi connectivity index (χ4n) is 1.66. The summed E-state index contributed by atoms with van der Waals surface area (Å²) in [6, 6.07) is 2.64. The number of hydrogen-bond acceptors (Lipinski definition) is 2. The highest BCUT2D eigenvalue weighted by molar-refractivity contribution is 7.84.